The number of amides is 2. The number of hydrogen-bond donors (Lipinski definition) is 2. The number of likely N-dealkylation sites (N-methyl/N-ethyl adjacent to an activating group) is 1. The van der Waals surface area contributed by atoms with E-state index in [-0.39, 0.29) is 11.8 Å². The van der Waals surface area contributed by atoms with Gasteiger partial charge in [-0.1, -0.05) is 0 Å². The Kier molecular flexibility index (Phi) is 4.12. The summed E-state index contributed by atoms with van der Waals surface area (Å²) < 4.78 is 5.42. The molecular formula is C14H19N3O3. The van der Waals surface area contributed by atoms with Gasteiger partial charge in [-0.3, -0.25) is 14.5 Å². The van der Waals surface area contributed by atoms with Crippen LogP contribution in [-0.2, 0) is 9.59 Å². The van der Waals surface area contributed by atoms with Crippen molar-refractivity contribution in [2.75, 3.05) is 24.7 Å². The van der Waals surface area contributed by atoms with E-state index in [0.717, 1.165) is 5.69 Å². The third-order valence-corrected chi connectivity index (χ3v) is 3.30. The molecule has 2 amide bonds. The van der Waals surface area contributed by atoms with Gasteiger partial charge in [0.2, 0.25) is 5.91 Å². The smallest absolute Gasteiger partial charge is 0.251 e. The van der Waals surface area contributed by atoms with Gasteiger partial charge in [0.15, 0.2) is 0 Å². The number of nitrogens with two attached hydrogens (primary N) is 1. The Bertz CT molecular complexity index is 530. The molecule has 0 radical (unpaired) electrons. The van der Waals surface area contributed by atoms with Crippen LogP contribution in [0.4, 0.5) is 11.4 Å². The number of nitrogens with zero attached hydrogens (tertiary/aromatic N) is 1. The Hall–Kier alpha value is -2.24. The molecule has 0 aliphatic carbocycles. The first-order valence-electron chi connectivity index (χ1n) is 6.62. The second-order valence-corrected chi connectivity index (χ2v) is 4.71. The van der Waals surface area contributed by atoms with Crippen LogP contribution >= 0.6 is 0 Å². The molecule has 1 aromatic carbocycles. The first-order chi connectivity index (χ1) is 9.52. The summed E-state index contributed by atoms with van der Waals surface area (Å²) in [6.45, 7) is 2.40. The van der Waals surface area contributed by atoms with Crippen LogP contribution in [0.25, 0.3) is 0 Å². The minimum Gasteiger partial charge on any atom is -0.492 e. The minimum absolute atomic E-state index is 0.139. The minimum atomic E-state index is -0.393. The van der Waals surface area contributed by atoms with Crippen molar-refractivity contribution in [2.45, 2.75) is 25.8 Å². The van der Waals surface area contributed by atoms with Gasteiger partial charge >= 0.3 is 0 Å². The van der Waals surface area contributed by atoms with Gasteiger partial charge in [0, 0.05) is 25.2 Å². The van der Waals surface area contributed by atoms with Gasteiger partial charge in [-0.25, -0.2) is 0 Å². The molecule has 1 unspecified atom stereocenters. The first-order valence-corrected chi connectivity index (χ1v) is 6.62. The zero-order chi connectivity index (χ0) is 14.7. The van der Waals surface area contributed by atoms with Crippen LogP contribution in [0.1, 0.15) is 19.8 Å². The summed E-state index contributed by atoms with van der Waals surface area (Å²) in [5.74, 6) is 0.238. The average Bonchev–Trinajstić information content (AvgIpc) is 2.43. The van der Waals surface area contributed by atoms with Crippen molar-refractivity contribution in [1.29, 1.82) is 0 Å². The standard InChI is InChI=1S/C14H19N3O3/c1-3-20-12-8-9(4-5-10(12)15)16-11-6-7-13(18)17(2)14(11)19/h4-5,8,11,16H,3,6-7,15H2,1-2H3. The topological polar surface area (TPSA) is 84.7 Å². The Morgan fingerprint density at radius 1 is 1.45 bits per heavy atom. The zero-order valence-electron chi connectivity index (χ0n) is 11.7. The van der Waals surface area contributed by atoms with E-state index in [1.807, 2.05) is 6.92 Å². The highest BCUT2D eigenvalue weighted by molar-refractivity contribution is 6.01. The third-order valence-electron chi connectivity index (χ3n) is 3.30. The van der Waals surface area contributed by atoms with Crippen LogP contribution in [0.3, 0.4) is 0 Å². The molecule has 108 valence electrons. The first kappa shape index (κ1) is 14.2. The van der Waals surface area contributed by atoms with Crippen molar-refractivity contribution >= 4 is 23.2 Å². The number of likely N-dealkylation sites (tertiary alicyclic amines) is 1. The molecule has 0 aromatic heterocycles. The molecule has 1 aromatic rings. The van der Waals surface area contributed by atoms with E-state index in [9.17, 15) is 9.59 Å². The summed E-state index contributed by atoms with van der Waals surface area (Å²) in [4.78, 5) is 24.6. The molecule has 20 heavy (non-hydrogen) atoms. The number of carbonyl (C=O) groups is 2. The lowest BCUT2D eigenvalue weighted by molar-refractivity contribution is -0.146. The quantitative estimate of drug-likeness (QED) is 0.638. The number of nitrogen functional groups attached to an aromatic ring is 1. The molecular weight excluding hydrogens is 258 g/mol. The second kappa shape index (κ2) is 5.81. The zero-order valence-corrected chi connectivity index (χ0v) is 11.7. The maximum Gasteiger partial charge on any atom is 0.251 e. The number of imide groups is 1. The summed E-state index contributed by atoms with van der Waals surface area (Å²) >= 11 is 0. The highest BCUT2D eigenvalue weighted by Gasteiger charge is 2.31. The average molecular weight is 277 g/mol. The summed E-state index contributed by atoms with van der Waals surface area (Å²) in [7, 11) is 1.51. The molecule has 3 N–H and O–H groups in total. The Balaban J connectivity index is 2.12. The number of nitrogens with one attached hydrogen (secondary N) is 1. The molecule has 6 nitrogen and oxygen atoms in total. The Labute approximate surface area is 117 Å². The molecule has 2 rings (SSSR count). The van der Waals surface area contributed by atoms with Crippen molar-refractivity contribution in [2.24, 2.45) is 0 Å². The van der Waals surface area contributed by atoms with Crippen LogP contribution in [0.5, 0.6) is 5.75 Å². The van der Waals surface area contributed by atoms with Gasteiger partial charge in [0.05, 0.1) is 12.3 Å². The van der Waals surface area contributed by atoms with Crippen molar-refractivity contribution in [3.8, 4) is 5.75 Å². The van der Waals surface area contributed by atoms with Crippen molar-refractivity contribution in [3.63, 3.8) is 0 Å². The van der Waals surface area contributed by atoms with Crippen LogP contribution in [0, 0.1) is 0 Å². The number of rotatable bonds is 4. The number of piperidine rings is 1. The molecule has 0 spiro atoms. The fourth-order valence-corrected chi connectivity index (χ4v) is 2.16. The predicted octanol–water partition coefficient (Wildman–Crippen LogP) is 1.23. The third kappa shape index (κ3) is 2.84. The van der Waals surface area contributed by atoms with E-state index in [2.05, 4.69) is 5.32 Å². The largest absolute Gasteiger partial charge is 0.492 e. The number of carbonyl (C=O) groups excluding carboxylic acids is 2. The van der Waals surface area contributed by atoms with E-state index in [1.54, 1.807) is 18.2 Å². The Morgan fingerprint density at radius 2 is 2.20 bits per heavy atom. The van der Waals surface area contributed by atoms with E-state index in [1.165, 1.54) is 11.9 Å². The van der Waals surface area contributed by atoms with Gasteiger partial charge in [0.25, 0.3) is 5.91 Å². The van der Waals surface area contributed by atoms with E-state index in [4.69, 9.17) is 10.5 Å². The van der Waals surface area contributed by atoms with Gasteiger partial charge in [-0.05, 0) is 25.5 Å². The number of ether oxygens (including phenoxy) is 1. The second-order valence-electron chi connectivity index (χ2n) is 4.71. The monoisotopic (exact) mass is 277 g/mol. The highest BCUT2D eigenvalue weighted by Crippen LogP contribution is 2.27. The molecule has 0 bridgehead atoms. The summed E-state index contributed by atoms with van der Waals surface area (Å²) in [6.07, 6.45) is 0.865. The van der Waals surface area contributed by atoms with E-state index in [0.29, 0.717) is 30.9 Å². The van der Waals surface area contributed by atoms with Gasteiger partial charge in [0.1, 0.15) is 11.8 Å². The fraction of sp³-hybridized carbons (Fsp3) is 0.429. The molecule has 1 atom stereocenters. The summed E-state index contributed by atoms with van der Waals surface area (Å²) in [5, 5.41) is 3.13. The Morgan fingerprint density at radius 3 is 2.90 bits per heavy atom. The highest BCUT2D eigenvalue weighted by atomic mass is 16.5. The normalized spacial score (nSPS) is 19.1. The SMILES string of the molecule is CCOc1cc(NC2CCC(=O)N(C)C2=O)ccc1N. The molecule has 0 saturated carbocycles. The fourth-order valence-electron chi connectivity index (χ4n) is 2.16. The lowest BCUT2D eigenvalue weighted by Crippen LogP contribution is -2.48. The molecule has 6 heteroatoms. The summed E-state index contributed by atoms with van der Waals surface area (Å²) in [5.41, 5.74) is 7.11. The maximum atomic E-state index is 12.0. The summed E-state index contributed by atoms with van der Waals surface area (Å²) in [6, 6.07) is 4.90. The number of benzene rings is 1. The van der Waals surface area contributed by atoms with Crippen molar-refractivity contribution in [3.05, 3.63) is 18.2 Å². The molecule has 1 fully saturated rings. The lowest BCUT2D eigenvalue weighted by Gasteiger charge is -2.29. The lowest BCUT2D eigenvalue weighted by atomic mass is 10.0. The van der Waals surface area contributed by atoms with E-state index >= 15 is 0 Å². The van der Waals surface area contributed by atoms with E-state index < -0.39 is 6.04 Å². The number of hydrogen-bond acceptors (Lipinski definition) is 5. The van der Waals surface area contributed by atoms with Crippen LogP contribution in [-0.4, -0.2) is 36.4 Å². The molecule has 1 saturated heterocycles. The number of anilines is 2. The van der Waals surface area contributed by atoms with Crippen LogP contribution < -0.4 is 15.8 Å². The van der Waals surface area contributed by atoms with Gasteiger partial charge < -0.3 is 15.8 Å². The van der Waals surface area contributed by atoms with Crippen LogP contribution in [0.2, 0.25) is 0 Å². The molecule has 1 aliphatic rings. The van der Waals surface area contributed by atoms with Crippen molar-refractivity contribution < 1.29 is 14.3 Å². The predicted molar refractivity (Wildman–Crippen MR) is 76.4 cm³/mol. The van der Waals surface area contributed by atoms with Gasteiger partial charge in [-0.15, -0.1) is 0 Å². The van der Waals surface area contributed by atoms with Crippen molar-refractivity contribution in [1.82, 2.24) is 4.90 Å². The molecule has 1 aliphatic heterocycles. The maximum absolute atomic E-state index is 12.0. The van der Waals surface area contributed by atoms with Crippen LogP contribution in [0.15, 0.2) is 18.2 Å². The van der Waals surface area contributed by atoms with Gasteiger partial charge in [-0.2, -0.15) is 0 Å². The molecule has 1 heterocycles.